The van der Waals surface area contributed by atoms with Crippen LogP contribution < -0.4 is 0 Å². The maximum absolute atomic E-state index is 5.83. The van der Waals surface area contributed by atoms with E-state index >= 15 is 0 Å². The van der Waals surface area contributed by atoms with Gasteiger partial charge in [0.15, 0.2) is 17.9 Å². The van der Waals surface area contributed by atoms with E-state index < -0.39 is 12.1 Å². The van der Waals surface area contributed by atoms with Crippen molar-refractivity contribution in [3.05, 3.63) is 12.2 Å². The van der Waals surface area contributed by atoms with E-state index in [2.05, 4.69) is 15.2 Å². The number of methoxy groups -OCH3 is 1. The van der Waals surface area contributed by atoms with E-state index in [1.54, 1.807) is 7.11 Å². The average Bonchev–Trinajstić information content (AvgIpc) is 2.91. The molecule has 0 amide bonds. The van der Waals surface area contributed by atoms with E-state index in [0.29, 0.717) is 5.82 Å². The predicted molar refractivity (Wildman–Crippen MR) is 54.8 cm³/mol. The van der Waals surface area contributed by atoms with Gasteiger partial charge in [-0.3, -0.25) is 5.10 Å². The van der Waals surface area contributed by atoms with Gasteiger partial charge in [0.25, 0.3) is 0 Å². The Morgan fingerprint density at radius 2 is 2.12 bits per heavy atom. The Morgan fingerprint density at radius 3 is 2.76 bits per heavy atom. The number of ether oxygens (including phenoxy) is 4. The molecule has 17 heavy (non-hydrogen) atoms. The van der Waals surface area contributed by atoms with Gasteiger partial charge in [-0.05, 0) is 13.8 Å². The number of hydrogen-bond donors (Lipinski definition) is 1. The standard InChI is InChI=1S/C10H15N3O4/c1-10(2)16-5-6(8-11-4-12-13-8)15-9(14-3)7(5)17-10/h4-7,9H,1-3H3,(H,11,12,13)/t5-,6+,7-,9-/m1/s1. The molecule has 1 aromatic heterocycles. The molecular formula is C10H15N3O4. The zero-order valence-corrected chi connectivity index (χ0v) is 9.91. The zero-order chi connectivity index (χ0) is 12.0. The maximum atomic E-state index is 5.83. The van der Waals surface area contributed by atoms with E-state index in [9.17, 15) is 0 Å². The number of hydrogen-bond acceptors (Lipinski definition) is 6. The van der Waals surface area contributed by atoms with Crippen LogP contribution in [0.5, 0.6) is 0 Å². The first-order valence-corrected chi connectivity index (χ1v) is 5.50. The number of rotatable bonds is 2. The highest BCUT2D eigenvalue weighted by molar-refractivity contribution is 5.03. The molecule has 1 aromatic rings. The van der Waals surface area contributed by atoms with Gasteiger partial charge in [0.1, 0.15) is 24.6 Å². The normalized spacial score (nSPS) is 39.5. The third kappa shape index (κ3) is 1.75. The zero-order valence-electron chi connectivity index (χ0n) is 9.91. The van der Waals surface area contributed by atoms with Crippen molar-refractivity contribution in [1.82, 2.24) is 15.2 Å². The van der Waals surface area contributed by atoms with Crippen molar-refractivity contribution < 1.29 is 18.9 Å². The molecule has 0 saturated carbocycles. The molecule has 0 aliphatic carbocycles. The summed E-state index contributed by atoms with van der Waals surface area (Å²) in [6.07, 6.45) is 0.175. The molecule has 0 radical (unpaired) electrons. The fraction of sp³-hybridized carbons (Fsp3) is 0.800. The van der Waals surface area contributed by atoms with Crippen molar-refractivity contribution in [2.75, 3.05) is 7.11 Å². The molecule has 3 rings (SSSR count). The fourth-order valence-corrected chi connectivity index (χ4v) is 2.32. The highest BCUT2D eigenvalue weighted by atomic mass is 16.8. The molecule has 94 valence electrons. The molecule has 0 bridgehead atoms. The molecule has 0 spiro atoms. The highest BCUT2D eigenvalue weighted by Gasteiger charge is 2.56. The van der Waals surface area contributed by atoms with Crippen LogP contribution in [0.4, 0.5) is 0 Å². The Bertz CT molecular complexity index is 394. The minimum atomic E-state index is -0.631. The Hall–Kier alpha value is -1.02. The second-order valence-electron chi connectivity index (χ2n) is 4.60. The smallest absolute Gasteiger partial charge is 0.187 e. The van der Waals surface area contributed by atoms with Crippen LogP contribution in [0.25, 0.3) is 0 Å². The van der Waals surface area contributed by atoms with E-state index in [-0.39, 0.29) is 18.3 Å². The van der Waals surface area contributed by atoms with Crippen LogP contribution in [0.15, 0.2) is 6.33 Å². The van der Waals surface area contributed by atoms with Crippen LogP contribution in [0.1, 0.15) is 25.8 Å². The number of fused-ring (bicyclic) bond motifs is 1. The number of H-pyrrole nitrogens is 1. The first-order chi connectivity index (χ1) is 8.11. The van der Waals surface area contributed by atoms with E-state index in [1.807, 2.05) is 13.8 Å². The summed E-state index contributed by atoms with van der Waals surface area (Å²) in [5.41, 5.74) is 0. The summed E-state index contributed by atoms with van der Waals surface area (Å²) in [4.78, 5) is 4.09. The van der Waals surface area contributed by atoms with Gasteiger partial charge in [0, 0.05) is 7.11 Å². The Kier molecular flexibility index (Phi) is 2.44. The van der Waals surface area contributed by atoms with Crippen LogP contribution in [0, 0.1) is 0 Å². The summed E-state index contributed by atoms with van der Waals surface area (Å²) in [5, 5.41) is 6.60. The molecule has 2 aliphatic heterocycles. The molecule has 0 aromatic carbocycles. The number of nitrogens with one attached hydrogen (secondary N) is 1. The lowest BCUT2D eigenvalue weighted by molar-refractivity contribution is -0.229. The van der Waals surface area contributed by atoms with Gasteiger partial charge in [0.05, 0.1) is 0 Å². The van der Waals surface area contributed by atoms with Gasteiger partial charge in [-0.25, -0.2) is 4.98 Å². The molecule has 2 fully saturated rings. The lowest BCUT2D eigenvalue weighted by Crippen LogP contribution is -2.30. The van der Waals surface area contributed by atoms with Crippen molar-refractivity contribution in [2.45, 2.75) is 44.2 Å². The molecule has 0 unspecified atom stereocenters. The molecule has 3 heterocycles. The van der Waals surface area contributed by atoms with Gasteiger partial charge in [0.2, 0.25) is 0 Å². The van der Waals surface area contributed by atoms with Crippen molar-refractivity contribution >= 4 is 0 Å². The number of aromatic nitrogens is 3. The summed E-state index contributed by atoms with van der Waals surface area (Å²) < 4.78 is 22.6. The average molecular weight is 241 g/mol. The monoisotopic (exact) mass is 241 g/mol. The van der Waals surface area contributed by atoms with Gasteiger partial charge in [-0.15, -0.1) is 0 Å². The summed E-state index contributed by atoms with van der Waals surface area (Å²) in [5.74, 6) is -0.00500. The molecule has 7 nitrogen and oxygen atoms in total. The van der Waals surface area contributed by atoms with E-state index in [4.69, 9.17) is 18.9 Å². The van der Waals surface area contributed by atoms with E-state index in [1.165, 1.54) is 6.33 Å². The van der Waals surface area contributed by atoms with Gasteiger partial charge < -0.3 is 18.9 Å². The maximum Gasteiger partial charge on any atom is 0.187 e. The first-order valence-electron chi connectivity index (χ1n) is 5.50. The van der Waals surface area contributed by atoms with Crippen LogP contribution in [0.3, 0.4) is 0 Å². The Balaban J connectivity index is 1.88. The summed E-state index contributed by atoms with van der Waals surface area (Å²) in [6.45, 7) is 3.74. The van der Waals surface area contributed by atoms with Crippen LogP contribution in [-0.4, -0.2) is 46.6 Å². The topological polar surface area (TPSA) is 78.5 Å². The third-order valence-electron chi connectivity index (χ3n) is 2.95. The van der Waals surface area contributed by atoms with Crippen LogP contribution >= 0.6 is 0 Å². The lowest BCUT2D eigenvalue weighted by Gasteiger charge is -2.22. The Labute approximate surface area is 98.4 Å². The van der Waals surface area contributed by atoms with Crippen molar-refractivity contribution in [2.24, 2.45) is 0 Å². The molecule has 2 saturated heterocycles. The van der Waals surface area contributed by atoms with Crippen LogP contribution in [-0.2, 0) is 18.9 Å². The van der Waals surface area contributed by atoms with Crippen molar-refractivity contribution in [3.8, 4) is 0 Å². The second-order valence-corrected chi connectivity index (χ2v) is 4.60. The molecular weight excluding hydrogens is 226 g/mol. The minimum absolute atomic E-state index is 0.233. The Morgan fingerprint density at radius 1 is 1.35 bits per heavy atom. The van der Waals surface area contributed by atoms with Crippen molar-refractivity contribution in [3.63, 3.8) is 0 Å². The highest BCUT2D eigenvalue weighted by Crippen LogP contribution is 2.44. The summed E-state index contributed by atoms with van der Waals surface area (Å²) in [7, 11) is 1.58. The van der Waals surface area contributed by atoms with E-state index in [0.717, 1.165) is 0 Å². The molecule has 7 heteroatoms. The lowest BCUT2D eigenvalue weighted by atomic mass is 10.1. The van der Waals surface area contributed by atoms with Gasteiger partial charge in [-0.2, -0.15) is 5.10 Å². The quantitative estimate of drug-likeness (QED) is 0.805. The van der Waals surface area contributed by atoms with Crippen molar-refractivity contribution in [1.29, 1.82) is 0 Å². The SMILES string of the molecule is CO[C@@H]1O[C@H](c2ncn[nH]2)[C@H]2OC(C)(C)O[C@@H]12. The van der Waals surface area contributed by atoms with Crippen LogP contribution in [0.2, 0.25) is 0 Å². The van der Waals surface area contributed by atoms with Gasteiger partial charge in [-0.1, -0.05) is 0 Å². The molecule has 2 aliphatic rings. The van der Waals surface area contributed by atoms with Gasteiger partial charge >= 0.3 is 0 Å². The minimum Gasteiger partial charge on any atom is -0.353 e. The summed E-state index contributed by atoms with van der Waals surface area (Å²) in [6, 6.07) is 0. The largest absolute Gasteiger partial charge is 0.353 e. The number of aromatic amines is 1. The number of nitrogens with zero attached hydrogens (tertiary/aromatic N) is 2. The second kappa shape index (κ2) is 3.74. The molecule has 1 N–H and O–H groups in total. The first kappa shape index (κ1) is 11.1. The molecule has 4 atom stereocenters. The third-order valence-corrected chi connectivity index (χ3v) is 2.95. The predicted octanol–water partition coefficient (Wildman–Crippen LogP) is 0.369. The fourth-order valence-electron chi connectivity index (χ4n) is 2.32. The summed E-state index contributed by atoms with van der Waals surface area (Å²) >= 11 is 0.